The first-order chi connectivity index (χ1) is 62.3. The number of carboxylic acid groups (broad SMARTS) is 1. The molecule has 6 aliphatic rings. The van der Waals surface area contributed by atoms with Crippen molar-refractivity contribution >= 4 is 57.2 Å². The molecule has 23 heteroatoms. The summed E-state index contributed by atoms with van der Waals surface area (Å²) in [6.07, 6.45) is 4.28. The molecule has 2 aromatic heterocycles. The van der Waals surface area contributed by atoms with Crippen molar-refractivity contribution in [3.05, 3.63) is 176 Å². The molecule has 14 rings (SSSR count). The Kier molecular flexibility index (Phi) is 40.9. The van der Waals surface area contributed by atoms with Gasteiger partial charge in [-0.15, -0.1) is 0 Å². The van der Waals surface area contributed by atoms with Crippen LogP contribution < -0.4 is 49.1 Å². The summed E-state index contributed by atoms with van der Waals surface area (Å²) in [6, 6.07) is 31.2. The van der Waals surface area contributed by atoms with Gasteiger partial charge in [-0.2, -0.15) is 0 Å². The second-order valence-corrected chi connectivity index (χ2v) is 28.3. The van der Waals surface area contributed by atoms with E-state index in [1.54, 1.807) is 62.4 Å². The Balaban J connectivity index is 0.000000239. The van der Waals surface area contributed by atoms with Crippen LogP contribution in [0.4, 0.5) is 8.78 Å². The average Bonchev–Trinajstić information content (AvgIpc) is 1.64. The molecule has 0 amide bonds. The molecule has 8 aromatic rings. The average molecular weight is 1760 g/mol. The number of imidazole rings is 2. The fourth-order valence-corrected chi connectivity index (χ4v) is 13.7. The van der Waals surface area contributed by atoms with E-state index in [1.165, 1.54) is 19.2 Å². The third kappa shape index (κ3) is 29.8. The molecule has 131 heavy (non-hydrogen) atoms. The number of ether oxygens (including phenoxy) is 7. The predicted octanol–water partition coefficient (Wildman–Crippen LogP) is 10.0. The van der Waals surface area contributed by atoms with Gasteiger partial charge in [0.05, 0.1) is 90.2 Å². The SMILES string of the molecule is C.CC#CC#CC#CC#CC#CC#CC#CC#CC#CC#CC#CC#CC#CC#CC#CC#CC#CC#CC#CC#CC#CC.COC(=O)c1ccc2nc(CN3CCC(c4cccc5c4O[C@H](c4ccc(Cl)cc4F)O5)CC3)n(C[C@@H]3CCO3)c2c1.O=C([O-])c1ccc2nc(CN3CCC(c4cccc5c4O[C@H](c4ccc(Cl)cc4F)O5)CC3)n(C[C@@H]3CCO3)c2c1.[Li+].[NH4+].[OH-]. The number of hydrogen-bond acceptors (Lipinski definition) is 15. The van der Waals surface area contributed by atoms with Gasteiger partial charge in [0.1, 0.15) is 23.3 Å². The zero-order chi connectivity index (χ0) is 88.6. The van der Waals surface area contributed by atoms with E-state index in [0.29, 0.717) is 81.8 Å². The number of halogens is 4. The van der Waals surface area contributed by atoms with Gasteiger partial charge in [-0.1, -0.05) is 72.8 Å². The number of nitrogens with zero attached hydrogens (tertiary/aromatic N) is 6. The molecule has 0 radical (unpaired) electrons. The number of hydrogen-bond donors (Lipinski definition) is 1. The Morgan fingerprint density at radius 3 is 1.02 bits per heavy atom. The Bertz CT molecular complexity index is 7020. The zero-order valence-corrected chi connectivity index (χ0v) is 72.4. The van der Waals surface area contributed by atoms with E-state index >= 15 is 0 Å². The zero-order valence-electron chi connectivity index (χ0n) is 70.9. The van der Waals surface area contributed by atoms with E-state index in [2.05, 4.69) is 280 Å². The Labute approximate surface area is 784 Å². The number of aromatic nitrogens is 4. The topological polar surface area (TPSA) is 230 Å². The number of methoxy groups -OCH3 is 1. The Morgan fingerprint density at radius 2 is 0.733 bits per heavy atom. The number of para-hydroxylation sites is 2. The number of aromatic carboxylic acids is 1. The smallest absolute Gasteiger partial charge is 0.870 e. The number of esters is 1. The molecule has 0 unspecified atom stereocenters. The molecule has 8 heterocycles. The van der Waals surface area contributed by atoms with Gasteiger partial charge in [-0.3, -0.25) is 9.80 Å². The molecule has 4 atom stereocenters. The number of rotatable bonds is 14. The molecule has 6 aromatic carbocycles. The first-order valence-electron chi connectivity index (χ1n) is 39.4. The summed E-state index contributed by atoms with van der Waals surface area (Å²) in [5.41, 5.74) is 6.78. The van der Waals surface area contributed by atoms with Crippen LogP contribution in [0.3, 0.4) is 0 Å². The molecule has 636 valence electrons. The summed E-state index contributed by atoms with van der Waals surface area (Å²) >= 11 is 11.9. The van der Waals surface area contributed by atoms with Crippen LogP contribution in [0.2, 0.25) is 10.0 Å². The number of quaternary nitrogens is 1. The van der Waals surface area contributed by atoms with Crippen LogP contribution in [0.15, 0.2) is 109 Å². The van der Waals surface area contributed by atoms with Crippen LogP contribution in [0.1, 0.15) is 139 Å². The van der Waals surface area contributed by atoms with Crippen molar-refractivity contribution in [1.82, 2.24) is 35.1 Å². The fraction of sp³-hybridized carbons (Fsp3) is 0.241. The number of likely N-dealkylation sites (tertiary alicyclic amines) is 2. The van der Waals surface area contributed by atoms with E-state index in [4.69, 9.17) is 66.3 Å². The molecule has 0 aliphatic carbocycles. The summed E-state index contributed by atoms with van der Waals surface area (Å²) in [4.78, 5) is 38.3. The monoisotopic (exact) mass is 1760 g/mol. The molecule has 6 aliphatic heterocycles. The molecule has 0 spiro atoms. The van der Waals surface area contributed by atoms with Gasteiger partial charge in [0, 0.05) is 176 Å². The number of fused-ring (bicyclic) bond motifs is 4. The van der Waals surface area contributed by atoms with E-state index in [-0.39, 0.29) is 67.6 Å². The van der Waals surface area contributed by atoms with Crippen molar-refractivity contribution in [2.45, 2.75) is 123 Å². The van der Waals surface area contributed by atoms with Gasteiger partial charge in [-0.25, -0.2) is 23.5 Å². The minimum absolute atomic E-state index is 0. The summed E-state index contributed by atoms with van der Waals surface area (Å²) in [7, 11) is 1.39. The van der Waals surface area contributed by atoms with Gasteiger partial charge in [0.2, 0.25) is 0 Å². The van der Waals surface area contributed by atoms with Gasteiger partial charge >= 0.3 is 24.8 Å². The van der Waals surface area contributed by atoms with Gasteiger partial charge < -0.3 is 63.8 Å². The van der Waals surface area contributed by atoms with Crippen molar-refractivity contribution < 1.29 is 81.0 Å². The van der Waals surface area contributed by atoms with Crippen LogP contribution in [0, 0.1) is 260 Å². The molecular formula is C108H74Cl2F2LiN7O11. The van der Waals surface area contributed by atoms with Crippen molar-refractivity contribution in [3.63, 3.8) is 0 Å². The molecule has 4 fully saturated rings. The van der Waals surface area contributed by atoms with E-state index in [0.717, 1.165) is 123 Å². The van der Waals surface area contributed by atoms with E-state index in [1.807, 2.05) is 36.4 Å². The van der Waals surface area contributed by atoms with Crippen molar-refractivity contribution in [1.29, 1.82) is 0 Å². The Morgan fingerprint density at radius 1 is 0.427 bits per heavy atom. The summed E-state index contributed by atoms with van der Waals surface area (Å²) in [6.45, 7) is 11.1. The summed E-state index contributed by atoms with van der Waals surface area (Å²) in [5, 5.41) is 12.1. The molecule has 18 nitrogen and oxygen atoms in total. The molecule has 0 saturated carbocycles. The maximum Gasteiger partial charge on any atom is 1.00 e. The van der Waals surface area contributed by atoms with Crippen LogP contribution in [0.5, 0.6) is 23.0 Å². The number of carbonyl (C=O) groups is 2. The van der Waals surface area contributed by atoms with Crippen LogP contribution >= 0.6 is 23.2 Å². The van der Waals surface area contributed by atoms with Gasteiger partial charge in [0.25, 0.3) is 12.6 Å². The standard InChI is InChI=1S/C44H6.C32H31ClFN3O5.C31H29ClFN3O5.CH4.Li.H3N.H2O/c1-3-5-7-9-11-13-15-17-19-21-23-25-27-29-31-33-35-37-39-41-43-44-42-40-38-36-34-32-30-28-26-24-22-20-18-16-14-12-10-8-6-4-2;1-39-31(38)20-5-8-26-27(15-20)37(17-22-11-14-40-22)29(35-26)18-36-12-9-19(10-13-36)23-3-2-4-28-30(23)42-32(41-28)24-7-6-21(33)16-25(24)34;32-20-5-6-23(24(33)15-20)31-40-27-3-1-2-22(29(27)41-31)18-8-11-35(12-9-18)17-28-34-25-7-4-19(30(37)38)14-26(25)36(28)16-21-10-13-39-21;;;;/h1-2H3;2-8,15-16,19,22,32H,9-14,17-18H2,1H3;1-7,14-15,18,21,31H,8-13,16-17H2,(H,37,38);1H4;;1H3;1H2/q;;;;+1;;/p-1/t;22-,32+;21-,31+;;;;/m.00..../s1. The van der Waals surface area contributed by atoms with Crippen molar-refractivity contribution in [3.8, 4) is 272 Å². The minimum Gasteiger partial charge on any atom is -0.870 e. The first kappa shape index (κ1) is 100. The van der Waals surface area contributed by atoms with E-state index in [9.17, 15) is 23.5 Å². The fourth-order valence-electron chi connectivity index (χ4n) is 13.4. The second kappa shape index (κ2) is 53.4. The number of carbonyl (C=O) groups excluding carboxylic acids is 2. The summed E-state index contributed by atoms with van der Waals surface area (Å²) < 4.78 is 74.1. The third-order valence-electron chi connectivity index (χ3n) is 19.5. The maximum atomic E-state index is 14.6. The molecule has 0 bridgehead atoms. The first-order valence-corrected chi connectivity index (χ1v) is 40.2. The molecule has 5 N–H and O–H groups in total. The molecular weight excluding hydrogens is 1690 g/mol. The molecule has 4 saturated heterocycles. The Hall–Kier alpha value is -16.0. The minimum atomic E-state index is -1.20. The van der Waals surface area contributed by atoms with Gasteiger partial charge in [0.15, 0.2) is 23.0 Å². The van der Waals surface area contributed by atoms with Gasteiger partial charge in [-0.05, 0) is 270 Å². The van der Waals surface area contributed by atoms with Crippen molar-refractivity contribution in [2.75, 3.05) is 46.5 Å². The second-order valence-electron chi connectivity index (χ2n) is 27.4. The third-order valence-corrected chi connectivity index (χ3v) is 20.0. The predicted molar refractivity (Wildman–Crippen MR) is 491 cm³/mol. The van der Waals surface area contributed by atoms with Crippen LogP contribution in [-0.4, -0.2) is 105 Å². The number of benzene rings is 6. The van der Waals surface area contributed by atoms with Crippen LogP contribution in [0.25, 0.3) is 22.1 Å². The largest absolute Gasteiger partial charge is 1.00 e. The normalized spacial score (nSPS) is 14.4. The van der Waals surface area contributed by atoms with E-state index < -0.39 is 30.2 Å². The van der Waals surface area contributed by atoms with Crippen molar-refractivity contribution in [2.24, 2.45) is 0 Å². The maximum absolute atomic E-state index is 14.6. The van der Waals surface area contributed by atoms with Crippen LogP contribution in [-0.2, 0) is 40.4 Å². The summed E-state index contributed by atoms with van der Waals surface area (Å²) in [5.74, 6) is 108. The number of piperidine rings is 2. The quantitative estimate of drug-likeness (QED) is 0.0606. The number of carboxylic acids is 1.